The first-order chi connectivity index (χ1) is 8.99. The predicted octanol–water partition coefficient (Wildman–Crippen LogP) is 1.83. The van der Waals surface area contributed by atoms with Crippen molar-refractivity contribution in [2.45, 2.75) is 13.0 Å². The zero-order valence-electron chi connectivity index (χ0n) is 11.2. The number of likely N-dealkylation sites (N-methyl/N-ethyl adjacent to an activating group) is 1. The number of hydrogen-bond donors (Lipinski definition) is 2. The lowest BCUT2D eigenvalue weighted by Crippen LogP contribution is -2.36. The SMILES string of the molecule is CC(Nc1nccc2ccc(O)cc12)C(=O)N(C)C. The molecule has 2 aromatic rings. The summed E-state index contributed by atoms with van der Waals surface area (Å²) in [5.74, 6) is 0.741. The number of anilines is 1. The van der Waals surface area contributed by atoms with Crippen molar-refractivity contribution in [2.24, 2.45) is 0 Å². The standard InChI is InChI=1S/C14H17N3O2/c1-9(14(19)17(2)3)16-13-12-8-11(18)5-4-10(12)6-7-15-13/h4-9,18H,1-3H3,(H,15,16). The van der Waals surface area contributed by atoms with Crippen LogP contribution in [0.1, 0.15) is 6.92 Å². The first kappa shape index (κ1) is 13.1. The number of fused-ring (bicyclic) bond motifs is 1. The molecule has 0 aliphatic rings. The van der Waals surface area contributed by atoms with E-state index in [2.05, 4.69) is 10.3 Å². The van der Waals surface area contributed by atoms with Crippen molar-refractivity contribution in [3.8, 4) is 5.75 Å². The largest absolute Gasteiger partial charge is 0.508 e. The summed E-state index contributed by atoms with van der Waals surface area (Å²) in [6.45, 7) is 1.78. The van der Waals surface area contributed by atoms with Gasteiger partial charge in [-0.3, -0.25) is 4.79 Å². The quantitative estimate of drug-likeness (QED) is 0.882. The molecule has 0 radical (unpaired) electrons. The van der Waals surface area contributed by atoms with Crippen LogP contribution in [0.15, 0.2) is 30.5 Å². The molecule has 19 heavy (non-hydrogen) atoms. The number of benzene rings is 1. The van der Waals surface area contributed by atoms with E-state index in [1.165, 1.54) is 4.90 Å². The van der Waals surface area contributed by atoms with Gasteiger partial charge in [0.1, 0.15) is 17.6 Å². The molecule has 2 N–H and O–H groups in total. The molecule has 0 spiro atoms. The second-order valence-corrected chi connectivity index (χ2v) is 4.66. The average Bonchev–Trinajstić information content (AvgIpc) is 2.38. The van der Waals surface area contributed by atoms with Gasteiger partial charge in [-0.1, -0.05) is 6.07 Å². The Hall–Kier alpha value is -2.30. The molecule has 0 fully saturated rings. The first-order valence-electron chi connectivity index (χ1n) is 6.04. The third-order valence-corrected chi connectivity index (χ3v) is 2.91. The number of nitrogens with one attached hydrogen (secondary N) is 1. The summed E-state index contributed by atoms with van der Waals surface area (Å²) >= 11 is 0. The topological polar surface area (TPSA) is 65.5 Å². The number of carbonyl (C=O) groups is 1. The molecule has 0 aliphatic heterocycles. The highest BCUT2D eigenvalue weighted by Crippen LogP contribution is 2.25. The van der Waals surface area contributed by atoms with Crippen LogP contribution in [0.5, 0.6) is 5.75 Å². The second-order valence-electron chi connectivity index (χ2n) is 4.66. The summed E-state index contributed by atoms with van der Waals surface area (Å²) in [5.41, 5.74) is 0. The van der Waals surface area contributed by atoms with Crippen LogP contribution in [-0.2, 0) is 4.79 Å². The molecule has 100 valence electrons. The smallest absolute Gasteiger partial charge is 0.244 e. The van der Waals surface area contributed by atoms with Crippen LogP contribution in [0.4, 0.5) is 5.82 Å². The molecule has 1 aromatic carbocycles. The summed E-state index contributed by atoms with van der Waals surface area (Å²) < 4.78 is 0. The Balaban J connectivity index is 2.35. The van der Waals surface area contributed by atoms with E-state index in [9.17, 15) is 9.90 Å². The zero-order chi connectivity index (χ0) is 14.0. The Bertz CT molecular complexity index is 611. The van der Waals surface area contributed by atoms with Crippen molar-refractivity contribution < 1.29 is 9.90 Å². The van der Waals surface area contributed by atoms with Crippen molar-refractivity contribution >= 4 is 22.5 Å². The van der Waals surface area contributed by atoms with Gasteiger partial charge < -0.3 is 15.3 Å². The Labute approximate surface area is 111 Å². The monoisotopic (exact) mass is 259 g/mol. The van der Waals surface area contributed by atoms with E-state index in [0.29, 0.717) is 5.82 Å². The predicted molar refractivity (Wildman–Crippen MR) is 75.2 cm³/mol. The Morgan fingerprint density at radius 3 is 2.79 bits per heavy atom. The summed E-state index contributed by atoms with van der Waals surface area (Å²) in [6, 6.07) is 6.56. The second kappa shape index (κ2) is 5.14. The fraction of sp³-hybridized carbons (Fsp3) is 0.286. The van der Waals surface area contributed by atoms with Crippen LogP contribution >= 0.6 is 0 Å². The lowest BCUT2D eigenvalue weighted by atomic mass is 10.1. The summed E-state index contributed by atoms with van der Waals surface area (Å²) in [4.78, 5) is 17.6. The normalized spacial score (nSPS) is 12.2. The van der Waals surface area contributed by atoms with E-state index in [4.69, 9.17) is 0 Å². The molecular formula is C14H17N3O2. The number of aromatic nitrogens is 1. The molecule has 5 nitrogen and oxygen atoms in total. The molecule has 0 bridgehead atoms. The zero-order valence-corrected chi connectivity index (χ0v) is 11.2. The molecule has 2 rings (SSSR count). The van der Waals surface area contributed by atoms with Crippen molar-refractivity contribution in [1.82, 2.24) is 9.88 Å². The number of phenols is 1. The van der Waals surface area contributed by atoms with Crippen LogP contribution in [0.25, 0.3) is 10.8 Å². The van der Waals surface area contributed by atoms with E-state index in [1.54, 1.807) is 39.3 Å². The lowest BCUT2D eigenvalue weighted by molar-refractivity contribution is -0.129. The van der Waals surface area contributed by atoms with E-state index in [1.807, 2.05) is 12.1 Å². The fourth-order valence-electron chi connectivity index (χ4n) is 1.93. The fourth-order valence-corrected chi connectivity index (χ4v) is 1.93. The maximum atomic E-state index is 11.8. The summed E-state index contributed by atoms with van der Waals surface area (Å²) in [7, 11) is 3.42. The molecule has 0 aliphatic carbocycles. The van der Waals surface area contributed by atoms with Crippen LogP contribution in [0, 0.1) is 0 Å². The maximum absolute atomic E-state index is 11.8. The summed E-state index contributed by atoms with van der Waals surface area (Å²) in [5, 5.41) is 14.4. The van der Waals surface area contributed by atoms with Gasteiger partial charge in [0.05, 0.1) is 0 Å². The summed E-state index contributed by atoms with van der Waals surface area (Å²) in [6.07, 6.45) is 1.68. The molecule has 1 aromatic heterocycles. The van der Waals surface area contributed by atoms with Crippen molar-refractivity contribution in [3.05, 3.63) is 30.5 Å². The number of pyridine rings is 1. The molecule has 1 unspecified atom stereocenters. The van der Waals surface area contributed by atoms with E-state index in [-0.39, 0.29) is 17.7 Å². The highest BCUT2D eigenvalue weighted by Gasteiger charge is 2.16. The lowest BCUT2D eigenvalue weighted by Gasteiger charge is -2.19. The van der Waals surface area contributed by atoms with Gasteiger partial charge in [0.2, 0.25) is 5.91 Å². The van der Waals surface area contributed by atoms with E-state index >= 15 is 0 Å². The van der Waals surface area contributed by atoms with Gasteiger partial charge in [-0.25, -0.2) is 4.98 Å². The Morgan fingerprint density at radius 2 is 2.11 bits per heavy atom. The number of hydrogen-bond acceptors (Lipinski definition) is 4. The number of phenolic OH excluding ortho intramolecular Hbond substituents is 1. The van der Waals surface area contributed by atoms with Gasteiger partial charge in [0, 0.05) is 25.7 Å². The maximum Gasteiger partial charge on any atom is 0.244 e. The minimum absolute atomic E-state index is 0.0287. The minimum Gasteiger partial charge on any atom is -0.508 e. The van der Waals surface area contributed by atoms with Gasteiger partial charge in [-0.15, -0.1) is 0 Å². The molecule has 0 saturated heterocycles. The molecule has 1 atom stereocenters. The minimum atomic E-state index is -0.379. The van der Waals surface area contributed by atoms with Gasteiger partial charge in [0.15, 0.2) is 0 Å². The van der Waals surface area contributed by atoms with Crippen molar-refractivity contribution in [3.63, 3.8) is 0 Å². The third kappa shape index (κ3) is 2.76. The van der Waals surface area contributed by atoms with Gasteiger partial charge in [-0.2, -0.15) is 0 Å². The van der Waals surface area contributed by atoms with Crippen LogP contribution < -0.4 is 5.32 Å². The first-order valence-corrected chi connectivity index (χ1v) is 6.04. The number of aromatic hydroxyl groups is 1. The molecule has 1 amide bonds. The van der Waals surface area contributed by atoms with Crippen LogP contribution in [-0.4, -0.2) is 41.0 Å². The van der Waals surface area contributed by atoms with Gasteiger partial charge in [0.25, 0.3) is 0 Å². The highest BCUT2D eigenvalue weighted by atomic mass is 16.3. The Kier molecular flexibility index (Phi) is 3.55. The van der Waals surface area contributed by atoms with Gasteiger partial charge >= 0.3 is 0 Å². The molecular weight excluding hydrogens is 242 g/mol. The number of rotatable bonds is 3. The molecule has 1 heterocycles. The average molecular weight is 259 g/mol. The van der Waals surface area contributed by atoms with Crippen molar-refractivity contribution in [2.75, 3.05) is 19.4 Å². The molecule has 0 saturated carbocycles. The van der Waals surface area contributed by atoms with Crippen LogP contribution in [0.3, 0.4) is 0 Å². The highest BCUT2D eigenvalue weighted by molar-refractivity contribution is 5.94. The third-order valence-electron chi connectivity index (χ3n) is 2.91. The number of carbonyl (C=O) groups excluding carboxylic acids is 1. The molecule has 5 heteroatoms. The number of nitrogens with zero attached hydrogens (tertiary/aromatic N) is 2. The van der Waals surface area contributed by atoms with Crippen molar-refractivity contribution in [1.29, 1.82) is 0 Å². The Morgan fingerprint density at radius 1 is 1.37 bits per heavy atom. The van der Waals surface area contributed by atoms with E-state index < -0.39 is 0 Å². The van der Waals surface area contributed by atoms with Gasteiger partial charge in [-0.05, 0) is 30.5 Å². The van der Waals surface area contributed by atoms with E-state index in [0.717, 1.165) is 10.8 Å². The van der Waals surface area contributed by atoms with Crippen LogP contribution in [0.2, 0.25) is 0 Å². The number of amides is 1.